The van der Waals surface area contributed by atoms with Gasteiger partial charge in [-0.3, -0.25) is 0 Å². The zero-order valence-corrected chi connectivity index (χ0v) is 10.6. The van der Waals surface area contributed by atoms with E-state index in [1.165, 1.54) is 0 Å². The van der Waals surface area contributed by atoms with Crippen LogP contribution in [0.4, 0.5) is 4.79 Å². The number of carbonyl (C=O) groups is 1. The molecule has 0 aliphatic carbocycles. The van der Waals surface area contributed by atoms with E-state index < -0.39 is 43.5 Å². The van der Waals surface area contributed by atoms with Gasteiger partial charge in [0.1, 0.15) is 18.3 Å². The number of hydrogen-bond acceptors (Lipinski definition) is 8. The molecule has 0 saturated carbocycles. The van der Waals surface area contributed by atoms with E-state index in [9.17, 15) is 20.1 Å². The van der Waals surface area contributed by atoms with Crippen molar-refractivity contribution >= 4 is 6.16 Å². The predicted molar refractivity (Wildman–Crippen MR) is 60.6 cm³/mol. The van der Waals surface area contributed by atoms with Crippen molar-refractivity contribution in [1.82, 2.24) is 0 Å². The number of aliphatic hydroxyl groups is 4. The van der Waals surface area contributed by atoms with Crippen molar-refractivity contribution in [2.24, 2.45) is 0 Å². The van der Waals surface area contributed by atoms with Crippen LogP contribution in [-0.4, -0.2) is 64.2 Å². The Labute approximate surface area is 110 Å². The van der Waals surface area contributed by atoms with Crippen LogP contribution in [0.5, 0.6) is 0 Å². The first-order chi connectivity index (χ1) is 9.01. The van der Waals surface area contributed by atoms with E-state index in [2.05, 4.69) is 9.47 Å². The van der Waals surface area contributed by atoms with Gasteiger partial charge in [-0.05, 0) is 6.42 Å². The molecule has 0 amide bonds. The van der Waals surface area contributed by atoms with Gasteiger partial charge in [-0.2, -0.15) is 0 Å². The monoisotopic (exact) mass is 279 g/mol. The van der Waals surface area contributed by atoms with Gasteiger partial charge in [-0.25, -0.2) is 4.79 Å². The first-order valence-corrected chi connectivity index (χ1v) is 6.04. The quantitative estimate of drug-likeness (QED) is 0.369. The number of ether oxygens (including phenoxy) is 3. The molecule has 0 unspecified atom stereocenters. The van der Waals surface area contributed by atoms with E-state index >= 15 is 0 Å². The number of aliphatic hydroxyl groups excluding tert-OH is 4. The standard InChI is InChI=1S/C11H19O8/c1-2-3-4-17-11(16)19-10-9(15)8(14)7(13)6(5-12)18-10/h6-9,12-15H,2-5H2,1H3/t6-,7-,8+,9+/m1/s1. The highest BCUT2D eigenvalue weighted by Gasteiger charge is 2.47. The minimum atomic E-state index is -1.70. The molecule has 0 aromatic heterocycles. The molecule has 1 saturated heterocycles. The van der Waals surface area contributed by atoms with Gasteiger partial charge in [-0.15, -0.1) is 0 Å². The Morgan fingerprint density at radius 1 is 1.32 bits per heavy atom. The van der Waals surface area contributed by atoms with Crippen LogP contribution in [0.15, 0.2) is 0 Å². The lowest BCUT2D eigenvalue weighted by molar-refractivity contribution is -0.233. The summed E-state index contributed by atoms with van der Waals surface area (Å²) in [5, 5.41) is 37.4. The van der Waals surface area contributed by atoms with Gasteiger partial charge in [0.2, 0.25) is 0 Å². The van der Waals surface area contributed by atoms with Crippen molar-refractivity contribution in [1.29, 1.82) is 0 Å². The normalized spacial score (nSPS) is 32.1. The van der Waals surface area contributed by atoms with Gasteiger partial charge in [0.25, 0.3) is 0 Å². The van der Waals surface area contributed by atoms with Crippen LogP contribution in [0, 0.1) is 6.29 Å². The molecule has 0 aromatic carbocycles. The summed E-state index contributed by atoms with van der Waals surface area (Å²) in [5.74, 6) is 0. The van der Waals surface area contributed by atoms with Crippen molar-refractivity contribution < 1.29 is 39.4 Å². The highest BCUT2D eigenvalue weighted by Crippen LogP contribution is 2.27. The molecule has 19 heavy (non-hydrogen) atoms. The molecule has 0 aromatic rings. The summed E-state index contributed by atoms with van der Waals surface area (Å²) in [4.78, 5) is 11.3. The summed E-state index contributed by atoms with van der Waals surface area (Å²) in [7, 11) is 0. The van der Waals surface area contributed by atoms with Crippen LogP contribution < -0.4 is 0 Å². The molecule has 1 rings (SSSR count). The van der Waals surface area contributed by atoms with Crippen molar-refractivity contribution in [3.63, 3.8) is 0 Å². The second-order valence-electron chi connectivity index (χ2n) is 4.14. The van der Waals surface area contributed by atoms with E-state index in [0.717, 1.165) is 6.42 Å². The zero-order chi connectivity index (χ0) is 14.4. The van der Waals surface area contributed by atoms with Gasteiger partial charge >= 0.3 is 12.4 Å². The van der Waals surface area contributed by atoms with Crippen LogP contribution in [0.1, 0.15) is 19.8 Å². The molecule has 1 aliphatic rings. The summed E-state index contributed by atoms with van der Waals surface area (Å²) in [5.41, 5.74) is 0. The van der Waals surface area contributed by atoms with Gasteiger partial charge in [-0.1, -0.05) is 13.3 Å². The molecular weight excluding hydrogens is 260 g/mol. The molecule has 4 N–H and O–H groups in total. The minimum Gasteiger partial charge on any atom is -0.434 e. The Hall–Kier alpha value is -0.930. The Morgan fingerprint density at radius 3 is 2.58 bits per heavy atom. The maximum absolute atomic E-state index is 11.3. The van der Waals surface area contributed by atoms with E-state index in [1.807, 2.05) is 6.92 Å². The molecular formula is C11H19O8. The average molecular weight is 279 g/mol. The number of unbranched alkanes of at least 4 members (excludes halogenated alkanes) is 1. The number of rotatable bonds is 5. The predicted octanol–water partition coefficient (Wildman–Crippen LogP) is -1.10. The van der Waals surface area contributed by atoms with Gasteiger partial charge in [0.15, 0.2) is 6.10 Å². The van der Waals surface area contributed by atoms with Gasteiger partial charge in [0, 0.05) is 0 Å². The largest absolute Gasteiger partial charge is 0.511 e. The molecule has 1 aliphatic heterocycles. The lowest BCUT2D eigenvalue weighted by Gasteiger charge is -2.37. The first kappa shape index (κ1) is 16.1. The van der Waals surface area contributed by atoms with Crippen LogP contribution in [-0.2, 0) is 14.2 Å². The molecule has 111 valence electrons. The molecule has 4 atom stereocenters. The molecule has 8 nitrogen and oxygen atoms in total. The molecule has 0 spiro atoms. The van der Waals surface area contributed by atoms with Crippen molar-refractivity contribution in [2.75, 3.05) is 13.2 Å². The van der Waals surface area contributed by atoms with Crippen molar-refractivity contribution in [3.8, 4) is 0 Å². The van der Waals surface area contributed by atoms with E-state index in [1.54, 1.807) is 0 Å². The zero-order valence-electron chi connectivity index (χ0n) is 10.6. The topological polar surface area (TPSA) is 126 Å². The van der Waals surface area contributed by atoms with E-state index in [0.29, 0.717) is 6.42 Å². The van der Waals surface area contributed by atoms with E-state index in [4.69, 9.17) is 9.84 Å². The second kappa shape index (κ2) is 7.61. The lowest BCUT2D eigenvalue weighted by Crippen LogP contribution is -2.56. The minimum absolute atomic E-state index is 0.160. The van der Waals surface area contributed by atoms with Gasteiger partial charge in [0.05, 0.1) is 13.2 Å². The third kappa shape index (κ3) is 4.29. The number of hydrogen-bond donors (Lipinski definition) is 4. The smallest absolute Gasteiger partial charge is 0.434 e. The summed E-state index contributed by atoms with van der Waals surface area (Å²) in [6.45, 7) is 1.47. The molecule has 0 bridgehead atoms. The molecule has 8 heteroatoms. The number of carbonyl (C=O) groups excluding carboxylic acids is 1. The van der Waals surface area contributed by atoms with Crippen LogP contribution in [0.2, 0.25) is 0 Å². The Balaban J connectivity index is 2.49. The Bertz CT molecular complexity index is 282. The Morgan fingerprint density at radius 2 is 2.00 bits per heavy atom. The van der Waals surface area contributed by atoms with Crippen LogP contribution in [0.25, 0.3) is 0 Å². The molecule has 1 fully saturated rings. The second-order valence-corrected chi connectivity index (χ2v) is 4.14. The molecule has 1 heterocycles. The third-order valence-corrected chi connectivity index (χ3v) is 2.65. The fraction of sp³-hybridized carbons (Fsp3) is 0.818. The summed E-state index contributed by atoms with van der Waals surface area (Å²) < 4.78 is 14.2. The van der Waals surface area contributed by atoms with Crippen molar-refractivity contribution in [3.05, 3.63) is 6.29 Å². The van der Waals surface area contributed by atoms with Gasteiger partial charge < -0.3 is 34.6 Å². The maximum Gasteiger partial charge on any atom is 0.511 e. The van der Waals surface area contributed by atoms with E-state index in [-0.39, 0.29) is 6.61 Å². The van der Waals surface area contributed by atoms with Crippen LogP contribution >= 0.6 is 0 Å². The summed E-state index contributed by atoms with van der Waals surface area (Å²) in [6, 6.07) is 0. The Kier molecular flexibility index (Phi) is 6.46. The SMILES string of the molecule is CCCCOC(=O)O[C]1O[C@H](CO)[C@@H](O)[C@H](O)[C@@H]1O. The highest BCUT2D eigenvalue weighted by atomic mass is 16.8. The summed E-state index contributed by atoms with van der Waals surface area (Å²) in [6.07, 6.45) is -6.17. The first-order valence-electron chi connectivity index (χ1n) is 6.04. The fourth-order valence-electron chi connectivity index (χ4n) is 1.48. The fourth-order valence-corrected chi connectivity index (χ4v) is 1.48. The third-order valence-electron chi connectivity index (χ3n) is 2.65. The maximum atomic E-state index is 11.3. The lowest BCUT2D eigenvalue weighted by atomic mass is 9.99. The van der Waals surface area contributed by atoms with Crippen LogP contribution in [0.3, 0.4) is 0 Å². The average Bonchev–Trinajstić information content (AvgIpc) is 2.39. The van der Waals surface area contributed by atoms with Crippen molar-refractivity contribution in [2.45, 2.75) is 44.2 Å². The summed E-state index contributed by atoms with van der Waals surface area (Å²) >= 11 is 0. The highest BCUT2D eigenvalue weighted by molar-refractivity contribution is 5.60. The molecule has 1 radical (unpaired) electrons.